The maximum absolute atomic E-state index is 6.15. The molecule has 0 atom stereocenters. The molecular weight excluding hydrogens is 306 g/mol. The minimum Gasteiger partial charge on any atom is -0.353 e. The van der Waals surface area contributed by atoms with Gasteiger partial charge in [-0.15, -0.1) is 11.3 Å². The van der Waals surface area contributed by atoms with Crippen LogP contribution < -0.4 is 4.90 Å². The second kappa shape index (κ2) is 6.68. The second-order valence-electron chi connectivity index (χ2n) is 5.04. The van der Waals surface area contributed by atoms with Crippen molar-refractivity contribution in [3.8, 4) is 0 Å². The molecule has 112 valence electrons. The highest BCUT2D eigenvalue weighted by Gasteiger charge is 2.20. The highest BCUT2D eigenvalue weighted by atomic mass is 35.5. The Kier molecular flexibility index (Phi) is 4.67. The average molecular weight is 324 g/mol. The van der Waals surface area contributed by atoms with Gasteiger partial charge in [0, 0.05) is 38.1 Å². The zero-order valence-electron chi connectivity index (χ0n) is 12.0. The van der Waals surface area contributed by atoms with Crippen LogP contribution in [0, 0.1) is 0 Å². The van der Waals surface area contributed by atoms with Gasteiger partial charge in [0.05, 0.1) is 16.9 Å². The maximum atomic E-state index is 6.15. The van der Waals surface area contributed by atoms with Crippen LogP contribution in [0.1, 0.15) is 17.6 Å². The Bertz CT molecular complexity index is 595. The Morgan fingerprint density at radius 3 is 2.76 bits per heavy atom. The molecule has 21 heavy (non-hydrogen) atoms. The lowest BCUT2D eigenvalue weighted by Gasteiger charge is -2.35. The van der Waals surface area contributed by atoms with E-state index < -0.39 is 0 Å². The molecular formula is C14H18ClN5S. The Hall–Kier alpha value is -1.24. The highest BCUT2D eigenvalue weighted by molar-refractivity contribution is 7.09. The largest absolute Gasteiger partial charge is 0.353 e. The van der Waals surface area contributed by atoms with Gasteiger partial charge in [0.25, 0.3) is 0 Å². The van der Waals surface area contributed by atoms with Gasteiger partial charge in [0.1, 0.15) is 11.3 Å². The first-order chi connectivity index (χ1) is 10.3. The normalized spacial score (nSPS) is 16.4. The lowest BCUT2D eigenvalue weighted by Crippen LogP contribution is -2.46. The number of hydrogen-bond donors (Lipinski definition) is 0. The van der Waals surface area contributed by atoms with Gasteiger partial charge in [-0.3, -0.25) is 4.90 Å². The fourth-order valence-electron chi connectivity index (χ4n) is 2.47. The van der Waals surface area contributed by atoms with Crippen LogP contribution in [0.2, 0.25) is 5.02 Å². The number of rotatable bonds is 4. The molecule has 2 aromatic rings. The van der Waals surface area contributed by atoms with Gasteiger partial charge >= 0.3 is 0 Å². The predicted molar refractivity (Wildman–Crippen MR) is 86.0 cm³/mol. The van der Waals surface area contributed by atoms with E-state index in [0.29, 0.717) is 5.02 Å². The summed E-state index contributed by atoms with van der Waals surface area (Å²) in [6.07, 6.45) is 4.22. The van der Waals surface area contributed by atoms with Gasteiger partial charge in [-0.1, -0.05) is 18.5 Å². The van der Waals surface area contributed by atoms with Crippen LogP contribution in [0.4, 0.5) is 5.82 Å². The van der Waals surface area contributed by atoms with Crippen molar-refractivity contribution in [2.45, 2.75) is 19.9 Å². The molecule has 0 saturated carbocycles. The van der Waals surface area contributed by atoms with Gasteiger partial charge < -0.3 is 4.90 Å². The van der Waals surface area contributed by atoms with Gasteiger partial charge in [-0.2, -0.15) is 0 Å². The van der Waals surface area contributed by atoms with Crippen molar-refractivity contribution < 1.29 is 0 Å². The third kappa shape index (κ3) is 3.51. The van der Waals surface area contributed by atoms with E-state index in [1.165, 1.54) is 10.7 Å². The van der Waals surface area contributed by atoms with Crippen molar-refractivity contribution in [2.75, 3.05) is 31.1 Å². The van der Waals surface area contributed by atoms with Crippen LogP contribution in [-0.4, -0.2) is 46.0 Å². The molecule has 0 aromatic carbocycles. The topological polar surface area (TPSA) is 45.2 Å². The summed E-state index contributed by atoms with van der Waals surface area (Å²) in [5.74, 6) is 0.841. The van der Waals surface area contributed by atoms with E-state index in [2.05, 4.69) is 37.1 Å². The molecule has 0 N–H and O–H groups in total. The van der Waals surface area contributed by atoms with E-state index in [0.717, 1.165) is 45.0 Å². The number of halogens is 1. The SMILES string of the molecule is CCc1nc(CN2CCN(c3ncncc3Cl)CC2)cs1. The molecule has 0 spiro atoms. The molecule has 1 saturated heterocycles. The first-order valence-corrected chi connectivity index (χ1v) is 8.38. The molecule has 0 unspecified atom stereocenters. The van der Waals surface area contributed by atoms with Crippen LogP contribution in [0.3, 0.4) is 0 Å². The minimum absolute atomic E-state index is 0.623. The molecule has 0 bridgehead atoms. The molecule has 0 radical (unpaired) electrons. The molecule has 3 rings (SSSR count). The van der Waals surface area contributed by atoms with Crippen molar-refractivity contribution in [1.29, 1.82) is 0 Å². The lowest BCUT2D eigenvalue weighted by molar-refractivity contribution is 0.247. The molecule has 5 nitrogen and oxygen atoms in total. The first kappa shape index (κ1) is 14.7. The molecule has 1 aliphatic heterocycles. The van der Waals surface area contributed by atoms with Gasteiger partial charge in [-0.05, 0) is 6.42 Å². The van der Waals surface area contributed by atoms with Gasteiger partial charge in [0.2, 0.25) is 0 Å². The molecule has 2 aromatic heterocycles. The molecule has 1 aliphatic rings. The monoisotopic (exact) mass is 323 g/mol. The van der Waals surface area contributed by atoms with E-state index >= 15 is 0 Å². The fourth-order valence-corrected chi connectivity index (χ4v) is 3.43. The summed E-state index contributed by atoms with van der Waals surface area (Å²) in [5, 5.41) is 4.02. The number of aryl methyl sites for hydroxylation is 1. The Morgan fingerprint density at radius 2 is 2.10 bits per heavy atom. The quantitative estimate of drug-likeness (QED) is 0.865. The zero-order valence-corrected chi connectivity index (χ0v) is 13.6. The summed E-state index contributed by atoms with van der Waals surface area (Å²) in [6.45, 7) is 6.94. The molecule has 0 aliphatic carbocycles. The standard InChI is InChI=1S/C14H18ClN5S/c1-2-13-18-11(9-21-13)8-19-3-5-20(6-4-19)14-12(15)7-16-10-17-14/h7,9-10H,2-6,8H2,1H3. The van der Waals surface area contributed by atoms with Gasteiger partial charge in [-0.25, -0.2) is 15.0 Å². The van der Waals surface area contributed by atoms with E-state index in [4.69, 9.17) is 11.6 Å². The Balaban J connectivity index is 1.56. The van der Waals surface area contributed by atoms with Crippen LogP contribution in [-0.2, 0) is 13.0 Å². The summed E-state index contributed by atoms with van der Waals surface area (Å²) in [6, 6.07) is 0. The predicted octanol–water partition coefficient (Wildman–Crippen LogP) is 2.47. The summed E-state index contributed by atoms with van der Waals surface area (Å²) in [5.41, 5.74) is 1.19. The highest BCUT2D eigenvalue weighted by Crippen LogP contribution is 2.23. The molecule has 0 amide bonds. The lowest BCUT2D eigenvalue weighted by atomic mass is 10.3. The van der Waals surface area contributed by atoms with Crippen LogP contribution in [0.5, 0.6) is 0 Å². The first-order valence-electron chi connectivity index (χ1n) is 7.12. The molecule has 1 fully saturated rings. The molecule has 3 heterocycles. The third-order valence-corrected chi connectivity index (χ3v) is 4.92. The number of nitrogens with zero attached hydrogens (tertiary/aromatic N) is 5. The number of anilines is 1. The average Bonchev–Trinajstić information content (AvgIpc) is 2.96. The van der Waals surface area contributed by atoms with E-state index in [-0.39, 0.29) is 0 Å². The smallest absolute Gasteiger partial charge is 0.150 e. The summed E-state index contributed by atoms with van der Waals surface area (Å²) < 4.78 is 0. The van der Waals surface area contributed by atoms with Crippen LogP contribution >= 0.6 is 22.9 Å². The number of hydrogen-bond acceptors (Lipinski definition) is 6. The summed E-state index contributed by atoms with van der Waals surface area (Å²) in [7, 11) is 0. The van der Waals surface area contributed by atoms with E-state index in [9.17, 15) is 0 Å². The van der Waals surface area contributed by atoms with Crippen molar-refractivity contribution in [3.63, 3.8) is 0 Å². The number of thiazole rings is 1. The third-order valence-electron chi connectivity index (χ3n) is 3.61. The zero-order chi connectivity index (χ0) is 14.7. The summed E-state index contributed by atoms with van der Waals surface area (Å²) >= 11 is 7.91. The van der Waals surface area contributed by atoms with Crippen LogP contribution in [0.25, 0.3) is 0 Å². The van der Waals surface area contributed by atoms with E-state index in [1.807, 2.05) is 0 Å². The van der Waals surface area contributed by atoms with E-state index in [1.54, 1.807) is 23.9 Å². The van der Waals surface area contributed by atoms with Crippen molar-refractivity contribution in [1.82, 2.24) is 19.9 Å². The Labute approximate surface area is 133 Å². The van der Waals surface area contributed by atoms with Crippen molar-refractivity contribution in [2.24, 2.45) is 0 Å². The Morgan fingerprint density at radius 1 is 1.29 bits per heavy atom. The second-order valence-corrected chi connectivity index (χ2v) is 6.39. The number of piperazine rings is 1. The van der Waals surface area contributed by atoms with Crippen molar-refractivity contribution >= 4 is 28.8 Å². The minimum atomic E-state index is 0.623. The maximum Gasteiger partial charge on any atom is 0.150 e. The van der Waals surface area contributed by atoms with Gasteiger partial charge in [0.15, 0.2) is 5.82 Å². The number of aromatic nitrogens is 3. The van der Waals surface area contributed by atoms with Crippen molar-refractivity contribution in [3.05, 3.63) is 33.6 Å². The fraction of sp³-hybridized carbons (Fsp3) is 0.500. The van der Waals surface area contributed by atoms with Crippen LogP contribution in [0.15, 0.2) is 17.9 Å². The molecule has 7 heteroatoms. The summed E-state index contributed by atoms with van der Waals surface area (Å²) in [4.78, 5) is 17.5.